The van der Waals surface area contributed by atoms with Crippen LogP contribution in [0.25, 0.3) is 10.9 Å². The normalized spacial score (nSPS) is 17.7. The standard InChI is InChI=1S/C14H15N3O5/c18-17(19)12-6-10-8-15-9-16-11(10)7-13(12)20-4-5-22-14-2-1-3-21-14/h6-9,14H,1-5H2. The molecule has 0 saturated carbocycles. The van der Waals surface area contributed by atoms with Gasteiger partial charge in [-0.2, -0.15) is 0 Å². The number of aromatic nitrogens is 2. The lowest BCUT2D eigenvalue weighted by molar-refractivity contribution is -0.385. The summed E-state index contributed by atoms with van der Waals surface area (Å²) in [6.45, 7) is 1.22. The van der Waals surface area contributed by atoms with Crippen LogP contribution in [0.15, 0.2) is 24.7 Å². The first kappa shape index (κ1) is 14.6. The molecule has 1 unspecified atom stereocenters. The van der Waals surface area contributed by atoms with Crippen LogP contribution < -0.4 is 4.74 Å². The summed E-state index contributed by atoms with van der Waals surface area (Å²) in [6, 6.07) is 2.95. The first-order chi connectivity index (χ1) is 10.7. The van der Waals surface area contributed by atoms with Gasteiger partial charge in [0.15, 0.2) is 12.0 Å². The molecule has 0 spiro atoms. The summed E-state index contributed by atoms with van der Waals surface area (Å²) in [5.74, 6) is 0.173. The van der Waals surface area contributed by atoms with E-state index < -0.39 is 4.92 Å². The molecular formula is C14H15N3O5. The molecule has 0 amide bonds. The molecule has 1 aromatic carbocycles. The number of benzene rings is 1. The van der Waals surface area contributed by atoms with Gasteiger partial charge in [0.05, 0.1) is 17.0 Å². The third kappa shape index (κ3) is 3.29. The average Bonchev–Trinajstić information content (AvgIpc) is 3.04. The van der Waals surface area contributed by atoms with Gasteiger partial charge in [-0.1, -0.05) is 0 Å². The Bertz CT molecular complexity index is 673. The van der Waals surface area contributed by atoms with Crippen LogP contribution in [0.1, 0.15) is 12.8 Å². The fourth-order valence-corrected chi connectivity index (χ4v) is 2.27. The van der Waals surface area contributed by atoms with Crippen LogP contribution in [0.4, 0.5) is 5.69 Å². The van der Waals surface area contributed by atoms with E-state index in [4.69, 9.17) is 14.2 Å². The summed E-state index contributed by atoms with van der Waals surface area (Å²) in [5, 5.41) is 11.7. The Hall–Kier alpha value is -2.32. The van der Waals surface area contributed by atoms with Crippen LogP contribution in [-0.4, -0.2) is 41.0 Å². The first-order valence-electron chi connectivity index (χ1n) is 6.98. The third-order valence-electron chi connectivity index (χ3n) is 3.31. The van der Waals surface area contributed by atoms with E-state index in [1.807, 2.05) is 0 Å². The van der Waals surface area contributed by atoms with Gasteiger partial charge in [0, 0.05) is 36.7 Å². The molecule has 1 aliphatic rings. The topological polar surface area (TPSA) is 96.6 Å². The van der Waals surface area contributed by atoms with E-state index in [-0.39, 0.29) is 24.3 Å². The molecule has 1 saturated heterocycles. The zero-order chi connectivity index (χ0) is 15.4. The lowest BCUT2D eigenvalue weighted by Crippen LogP contribution is -2.16. The van der Waals surface area contributed by atoms with E-state index >= 15 is 0 Å². The van der Waals surface area contributed by atoms with Crippen molar-refractivity contribution in [1.82, 2.24) is 9.97 Å². The molecule has 1 aliphatic heterocycles. The zero-order valence-electron chi connectivity index (χ0n) is 11.8. The van der Waals surface area contributed by atoms with E-state index in [2.05, 4.69) is 9.97 Å². The second-order valence-corrected chi connectivity index (χ2v) is 4.82. The Balaban J connectivity index is 1.68. The van der Waals surface area contributed by atoms with Gasteiger partial charge in [0.1, 0.15) is 12.9 Å². The minimum atomic E-state index is -0.483. The van der Waals surface area contributed by atoms with Gasteiger partial charge in [-0.15, -0.1) is 0 Å². The Labute approximate surface area is 126 Å². The molecule has 2 heterocycles. The number of hydrogen-bond donors (Lipinski definition) is 0. The number of rotatable bonds is 6. The van der Waals surface area contributed by atoms with Crippen LogP contribution in [0.3, 0.4) is 0 Å². The summed E-state index contributed by atoms with van der Waals surface area (Å²) < 4.78 is 16.3. The molecule has 8 nitrogen and oxygen atoms in total. The second kappa shape index (κ2) is 6.63. The van der Waals surface area contributed by atoms with E-state index in [9.17, 15) is 10.1 Å². The van der Waals surface area contributed by atoms with Crippen molar-refractivity contribution in [3.63, 3.8) is 0 Å². The monoisotopic (exact) mass is 305 g/mol. The molecule has 116 valence electrons. The predicted octanol–water partition coefficient (Wildman–Crippen LogP) is 2.07. The van der Waals surface area contributed by atoms with Crippen LogP contribution in [-0.2, 0) is 9.47 Å². The molecule has 1 atom stereocenters. The van der Waals surface area contributed by atoms with E-state index in [0.717, 1.165) is 12.8 Å². The van der Waals surface area contributed by atoms with E-state index in [1.54, 1.807) is 6.07 Å². The molecule has 0 bridgehead atoms. The Morgan fingerprint density at radius 1 is 1.41 bits per heavy atom. The van der Waals surface area contributed by atoms with Crippen molar-refractivity contribution in [2.75, 3.05) is 19.8 Å². The number of nitro groups is 1. The van der Waals surface area contributed by atoms with Gasteiger partial charge in [-0.05, 0) is 6.42 Å². The van der Waals surface area contributed by atoms with Crippen molar-refractivity contribution in [1.29, 1.82) is 0 Å². The Kier molecular flexibility index (Phi) is 4.40. The molecule has 0 radical (unpaired) electrons. The Morgan fingerprint density at radius 3 is 3.09 bits per heavy atom. The maximum atomic E-state index is 11.1. The van der Waals surface area contributed by atoms with Crippen LogP contribution in [0.2, 0.25) is 0 Å². The number of fused-ring (bicyclic) bond motifs is 1. The van der Waals surface area contributed by atoms with Crippen molar-refractivity contribution >= 4 is 16.6 Å². The van der Waals surface area contributed by atoms with E-state index in [0.29, 0.717) is 24.1 Å². The highest BCUT2D eigenvalue weighted by molar-refractivity contribution is 5.82. The molecule has 22 heavy (non-hydrogen) atoms. The number of nitro benzene ring substituents is 1. The lowest BCUT2D eigenvalue weighted by Gasteiger charge is -2.12. The molecule has 8 heteroatoms. The minimum absolute atomic E-state index is 0.112. The lowest BCUT2D eigenvalue weighted by atomic mass is 10.2. The minimum Gasteiger partial charge on any atom is -0.484 e. The van der Waals surface area contributed by atoms with Crippen molar-refractivity contribution in [2.45, 2.75) is 19.1 Å². The maximum absolute atomic E-state index is 11.1. The van der Waals surface area contributed by atoms with Crippen molar-refractivity contribution in [2.24, 2.45) is 0 Å². The SMILES string of the molecule is O=[N+]([O-])c1cc2cncnc2cc1OCCOC1CCCO1. The van der Waals surface area contributed by atoms with Crippen molar-refractivity contribution in [3.05, 3.63) is 34.8 Å². The third-order valence-corrected chi connectivity index (χ3v) is 3.31. The fraction of sp³-hybridized carbons (Fsp3) is 0.429. The highest BCUT2D eigenvalue weighted by Gasteiger charge is 2.18. The molecule has 3 rings (SSSR count). The summed E-state index contributed by atoms with van der Waals surface area (Å²) >= 11 is 0. The van der Waals surface area contributed by atoms with Crippen LogP contribution in [0.5, 0.6) is 5.75 Å². The molecule has 0 aliphatic carbocycles. The van der Waals surface area contributed by atoms with Crippen molar-refractivity contribution < 1.29 is 19.1 Å². The van der Waals surface area contributed by atoms with Crippen LogP contribution >= 0.6 is 0 Å². The first-order valence-corrected chi connectivity index (χ1v) is 6.98. The zero-order valence-corrected chi connectivity index (χ0v) is 11.8. The van der Waals surface area contributed by atoms with Gasteiger partial charge in [-0.3, -0.25) is 10.1 Å². The second-order valence-electron chi connectivity index (χ2n) is 4.82. The fourth-order valence-electron chi connectivity index (χ4n) is 2.27. The molecule has 0 N–H and O–H groups in total. The van der Waals surface area contributed by atoms with Gasteiger partial charge >= 0.3 is 5.69 Å². The summed E-state index contributed by atoms with van der Waals surface area (Å²) in [6.07, 6.45) is 4.58. The summed E-state index contributed by atoms with van der Waals surface area (Å²) in [7, 11) is 0. The molecular weight excluding hydrogens is 290 g/mol. The summed E-state index contributed by atoms with van der Waals surface area (Å²) in [5.41, 5.74) is 0.482. The molecule has 2 aromatic rings. The van der Waals surface area contributed by atoms with Gasteiger partial charge < -0.3 is 14.2 Å². The number of nitrogens with zero attached hydrogens (tertiary/aromatic N) is 3. The van der Waals surface area contributed by atoms with Gasteiger partial charge in [-0.25, -0.2) is 9.97 Å². The van der Waals surface area contributed by atoms with Crippen molar-refractivity contribution in [3.8, 4) is 5.75 Å². The summed E-state index contributed by atoms with van der Waals surface area (Å²) in [4.78, 5) is 18.6. The smallest absolute Gasteiger partial charge is 0.311 e. The van der Waals surface area contributed by atoms with Crippen LogP contribution in [0, 0.1) is 10.1 Å². The van der Waals surface area contributed by atoms with Gasteiger partial charge in [0.25, 0.3) is 0 Å². The average molecular weight is 305 g/mol. The molecule has 1 aromatic heterocycles. The highest BCUT2D eigenvalue weighted by atomic mass is 16.7. The number of ether oxygens (including phenoxy) is 3. The maximum Gasteiger partial charge on any atom is 0.311 e. The highest BCUT2D eigenvalue weighted by Crippen LogP contribution is 2.31. The van der Waals surface area contributed by atoms with Gasteiger partial charge in [0.2, 0.25) is 0 Å². The molecule has 1 fully saturated rings. The quantitative estimate of drug-likeness (QED) is 0.458. The van der Waals surface area contributed by atoms with E-state index in [1.165, 1.54) is 18.6 Å². The largest absolute Gasteiger partial charge is 0.484 e. The predicted molar refractivity (Wildman–Crippen MR) is 76.6 cm³/mol. The Morgan fingerprint density at radius 2 is 2.32 bits per heavy atom. The number of hydrogen-bond acceptors (Lipinski definition) is 7.